The molecule has 0 aliphatic rings. The number of anilines is 1. The third-order valence-corrected chi connectivity index (χ3v) is 3.99. The van der Waals surface area contributed by atoms with Gasteiger partial charge in [-0.3, -0.25) is 14.9 Å². The molecule has 9 nitrogen and oxygen atoms in total. The summed E-state index contributed by atoms with van der Waals surface area (Å²) in [5.74, 6) is -1.15. The van der Waals surface area contributed by atoms with Gasteiger partial charge >= 0.3 is 6.09 Å². The Labute approximate surface area is 152 Å². The van der Waals surface area contributed by atoms with Crippen molar-refractivity contribution in [2.75, 3.05) is 5.32 Å². The summed E-state index contributed by atoms with van der Waals surface area (Å²) in [6.45, 7) is 3.34. The van der Waals surface area contributed by atoms with E-state index in [0.717, 1.165) is 11.3 Å². The second-order valence-electron chi connectivity index (χ2n) is 5.48. The summed E-state index contributed by atoms with van der Waals surface area (Å²) in [6.07, 6.45) is 2.06. The Morgan fingerprint density at radius 1 is 1.27 bits per heavy atom. The Morgan fingerprint density at radius 2 is 2.08 bits per heavy atom. The standard InChI is InChI=1S/C16H15N5O4S/c1-9(2)25-16(24)19-13(22)10-4-7-26-15(10)18-14(23)11-8-12-17-5-3-6-21(12)20-11/h3-9H,1-2H3,(H,18,23)(H,19,22,24). The molecule has 26 heavy (non-hydrogen) atoms. The number of alkyl carbamates (subject to hydrolysis) is 1. The molecule has 0 fully saturated rings. The van der Waals surface area contributed by atoms with Crippen LogP contribution in [0.5, 0.6) is 0 Å². The minimum absolute atomic E-state index is 0.155. The van der Waals surface area contributed by atoms with Gasteiger partial charge in [0.25, 0.3) is 11.8 Å². The van der Waals surface area contributed by atoms with E-state index < -0.39 is 17.9 Å². The fourth-order valence-electron chi connectivity index (χ4n) is 2.10. The summed E-state index contributed by atoms with van der Waals surface area (Å²) < 4.78 is 6.34. The van der Waals surface area contributed by atoms with Crippen molar-refractivity contribution >= 4 is 39.9 Å². The maximum Gasteiger partial charge on any atom is 0.414 e. The highest BCUT2D eigenvalue weighted by atomic mass is 32.1. The maximum atomic E-state index is 12.4. The van der Waals surface area contributed by atoms with Crippen LogP contribution in [0, 0.1) is 0 Å². The number of nitrogens with zero attached hydrogens (tertiary/aromatic N) is 3. The molecule has 0 aromatic carbocycles. The maximum absolute atomic E-state index is 12.4. The highest BCUT2D eigenvalue weighted by Gasteiger charge is 2.20. The van der Waals surface area contributed by atoms with Gasteiger partial charge in [-0.2, -0.15) is 5.10 Å². The van der Waals surface area contributed by atoms with E-state index in [2.05, 4.69) is 20.7 Å². The summed E-state index contributed by atoms with van der Waals surface area (Å²) in [5, 5.41) is 10.8. The van der Waals surface area contributed by atoms with E-state index in [1.54, 1.807) is 37.7 Å². The molecule has 3 rings (SSSR count). The summed E-state index contributed by atoms with van der Waals surface area (Å²) in [7, 11) is 0. The van der Waals surface area contributed by atoms with Crippen molar-refractivity contribution < 1.29 is 19.1 Å². The zero-order valence-corrected chi connectivity index (χ0v) is 14.7. The first-order chi connectivity index (χ1) is 12.4. The van der Waals surface area contributed by atoms with Gasteiger partial charge in [-0.05, 0) is 31.4 Å². The molecule has 134 valence electrons. The Balaban J connectivity index is 1.72. The number of carbonyl (C=O) groups excluding carboxylic acids is 3. The molecule has 0 spiro atoms. The van der Waals surface area contributed by atoms with Gasteiger partial charge in [0.1, 0.15) is 5.00 Å². The fourth-order valence-corrected chi connectivity index (χ4v) is 2.88. The van der Waals surface area contributed by atoms with Gasteiger partial charge in [-0.25, -0.2) is 14.3 Å². The van der Waals surface area contributed by atoms with Crippen LogP contribution in [0.2, 0.25) is 0 Å². The number of thiophene rings is 1. The largest absolute Gasteiger partial charge is 0.447 e. The fraction of sp³-hybridized carbons (Fsp3) is 0.188. The topological polar surface area (TPSA) is 115 Å². The molecule has 0 atom stereocenters. The number of rotatable bonds is 4. The van der Waals surface area contributed by atoms with Crippen LogP contribution in [-0.2, 0) is 4.74 Å². The molecule has 0 aliphatic carbocycles. The lowest BCUT2D eigenvalue weighted by molar-refractivity contribution is 0.0877. The number of nitrogens with one attached hydrogen (secondary N) is 2. The molecule has 3 amide bonds. The zero-order valence-electron chi connectivity index (χ0n) is 13.9. The van der Waals surface area contributed by atoms with Crippen molar-refractivity contribution in [1.29, 1.82) is 0 Å². The second-order valence-corrected chi connectivity index (χ2v) is 6.39. The minimum atomic E-state index is -0.847. The van der Waals surface area contributed by atoms with Crippen LogP contribution >= 0.6 is 11.3 Å². The quantitative estimate of drug-likeness (QED) is 0.725. The third kappa shape index (κ3) is 3.86. The van der Waals surface area contributed by atoms with E-state index in [1.165, 1.54) is 16.6 Å². The van der Waals surface area contributed by atoms with Gasteiger partial charge in [0, 0.05) is 18.5 Å². The predicted octanol–water partition coefficient (Wildman–Crippen LogP) is 2.32. The van der Waals surface area contributed by atoms with E-state index in [-0.39, 0.29) is 17.4 Å². The van der Waals surface area contributed by atoms with Crippen LogP contribution in [0.15, 0.2) is 36.0 Å². The van der Waals surface area contributed by atoms with Crippen molar-refractivity contribution in [2.45, 2.75) is 20.0 Å². The molecular formula is C16H15N5O4S. The predicted molar refractivity (Wildman–Crippen MR) is 94.3 cm³/mol. The van der Waals surface area contributed by atoms with E-state index in [1.807, 2.05) is 0 Å². The molecule has 0 unspecified atom stereocenters. The number of hydrogen-bond acceptors (Lipinski definition) is 7. The molecule has 0 radical (unpaired) electrons. The average molecular weight is 373 g/mol. The van der Waals surface area contributed by atoms with Crippen molar-refractivity contribution in [1.82, 2.24) is 19.9 Å². The number of hydrogen-bond donors (Lipinski definition) is 2. The monoisotopic (exact) mass is 373 g/mol. The lowest BCUT2D eigenvalue weighted by Gasteiger charge is -2.09. The Morgan fingerprint density at radius 3 is 2.81 bits per heavy atom. The van der Waals surface area contributed by atoms with Gasteiger partial charge in [0.15, 0.2) is 11.3 Å². The lowest BCUT2D eigenvalue weighted by atomic mass is 10.3. The first kappa shape index (κ1) is 17.5. The summed E-state index contributed by atoms with van der Waals surface area (Å²) in [5.41, 5.74) is 0.840. The number of carbonyl (C=O) groups is 3. The highest BCUT2D eigenvalue weighted by Crippen LogP contribution is 2.24. The minimum Gasteiger partial charge on any atom is -0.447 e. The van der Waals surface area contributed by atoms with E-state index in [9.17, 15) is 14.4 Å². The van der Waals surface area contributed by atoms with Crippen molar-refractivity contribution in [3.05, 3.63) is 47.2 Å². The summed E-state index contributed by atoms with van der Waals surface area (Å²) in [6, 6.07) is 4.73. The molecule has 10 heteroatoms. The molecule has 2 N–H and O–H groups in total. The molecule has 3 aromatic heterocycles. The van der Waals surface area contributed by atoms with Crippen LogP contribution in [-0.4, -0.2) is 38.6 Å². The van der Waals surface area contributed by atoms with Gasteiger partial charge in [0.2, 0.25) is 0 Å². The van der Waals surface area contributed by atoms with Gasteiger partial charge in [0.05, 0.1) is 11.7 Å². The van der Waals surface area contributed by atoms with Crippen LogP contribution in [0.4, 0.5) is 9.80 Å². The van der Waals surface area contributed by atoms with Crippen molar-refractivity contribution in [2.24, 2.45) is 0 Å². The van der Waals surface area contributed by atoms with Crippen LogP contribution < -0.4 is 10.6 Å². The van der Waals surface area contributed by atoms with E-state index in [4.69, 9.17) is 4.74 Å². The van der Waals surface area contributed by atoms with Crippen LogP contribution in [0.25, 0.3) is 5.65 Å². The molecule has 3 heterocycles. The Hall–Kier alpha value is -3.27. The molecule has 3 aromatic rings. The van der Waals surface area contributed by atoms with Crippen molar-refractivity contribution in [3.63, 3.8) is 0 Å². The molecule has 0 bridgehead atoms. The normalized spacial score (nSPS) is 10.7. The van der Waals surface area contributed by atoms with E-state index in [0.29, 0.717) is 10.6 Å². The van der Waals surface area contributed by atoms with Gasteiger partial charge < -0.3 is 10.1 Å². The van der Waals surface area contributed by atoms with Crippen LogP contribution in [0.3, 0.4) is 0 Å². The molecule has 0 saturated carbocycles. The lowest BCUT2D eigenvalue weighted by Crippen LogP contribution is -2.33. The first-order valence-corrected chi connectivity index (χ1v) is 8.53. The molecule has 0 aliphatic heterocycles. The zero-order chi connectivity index (χ0) is 18.7. The van der Waals surface area contributed by atoms with Crippen molar-refractivity contribution in [3.8, 4) is 0 Å². The van der Waals surface area contributed by atoms with Crippen LogP contribution in [0.1, 0.15) is 34.7 Å². The summed E-state index contributed by atoms with van der Waals surface area (Å²) >= 11 is 1.15. The Kier molecular flexibility index (Phi) is 4.94. The third-order valence-electron chi connectivity index (χ3n) is 3.16. The molecular weight excluding hydrogens is 358 g/mol. The first-order valence-electron chi connectivity index (χ1n) is 7.65. The van der Waals surface area contributed by atoms with Gasteiger partial charge in [-0.15, -0.1) is 11.3 Å². The number of fused-ring (bicyclic) bond motifs is 1. The smallest absolute Gasteiger partial charge is 0.414 e. The number of aromatic nitrogens is 3. The Bertz CT molecular complexity index is 945. The van der Waals surface area contributed by atoms with E-state index >= 15 is 0 Å². The molecule has 0 saturated heterocycles. The van der Waals surface area contributed by atoms with Gasteiger partial charge in [-0.1, -0.05) is 0 Å². The SMILES string of the molecule is CC(C)OC(=O)NC(=O)c1ccsc1NC(=O)c1cc2ncccn2n1. The number of ether oxygens (including phenoxy) is 1. The number of amides is 3. The average Bonchev–Trinajstić information content (AvgIpc) is 3.20. The summed E-state index contributed by atoms with van der Waals surface area (Å²) in [4.78, 5) is 40.2. The number of imide groups is 1. The second kappa shape index (κ2) is 7.31. The highest BCUT2D eigenvalue weighted by molar-refractivity contribution is 7.14.